The largest absolute Gasteiger partial charge is 0.381 e. The van der Waals surface area contributed by atoms with E-state index in [0.717, 1.165) is 45.2 Å². The molecule has 5 aromatic carbocycles. The van der Waals surface area contributed by atoms with E-state index in [2.05, 4.69) is 13.8 Å². The summed E-state index contributed by atoms with van der Waals surface area (Å²) in [5.41, 5.74) is 2.09. The van der Waals surface area contributed by atoms with Crippen LogP contribution in [0.4, 0.5) is 0 Å². The minimum absolute atomic E-state index is 0.280. The second-order valence-corrected chi connectivity index (χ2v) is 18.0. The van der Waals surface area contributed by atoms with Gasteiger partial charge >= 0.3 is 0 Å². The minimum Gasteiger partial charge on any atom is -0.381 e. The first-order chi connectivity index (χ1) is 30.5. The number of nitrogens with zero attached hydrogens (tertiary/aromatic N) is 2. The quantitative estimate of drug-likeness (QED) is 0.0198. The Hall–Kier alpha value is -4.40. The van der Waals surface area contributed by atoms with Gasteiger partial charge in [0.25, 0.3) is 23.6 Å². The molecule has 0 N–H and O–H groups in total. The van der Waals surface area contributed by atoms with E-state index >= 15 is 0 Å². The molecule has 2 heterocycles. The van der Waals surface area contributed by atoms with E-state index in [0.29, 0.717) is 85.4 Å². The van der Waals surface area contributed by atoms with Gasteiger partial charge in [-0.2, -0.15) is 0 Å². The van der Waals surface area contributed by atoms with Crippen LogP contribution >= 0.6 is 0 Å². The molecule has 8 nitrogen and oxygen atoms in total. The summed E-state index contributed by atoms with van der Waals surface area (Å²) in [4.78, 5) is 58.7. The monoisotopic (exact) mass is 843 g/mol. The van der Waals surface area contributed by atoms with Gasteiger partial charge in [-0.3, -0.25) is 29.0 Å². The zero-order valence-electron chi connectivity index (χ0n) is 37.8. The van der Waals surface area contributed by atoms with Crippen LogP contribution in [0.2, 0.25) is 0 Å². The van der Waals surface area contributed by atoms with E-state index in [1.807, 2.05) is 48.5 Å². The van der Waals surface area contributed by atoms with Gasteiger partial charge in [-0.15, -0.1) is 0 Å². The molecule has 62 heavy (non-hydrogen) atoms. The molecule has 8 heteroatoms. The van der Waals surface area contributed by atoms with Crippen LogP contribution in [0, 0.1) is 0 Å². The Bertz CT molecular complexity index is 2030. The number of unbranched alkanes of at least 4 members (excludes halogenated alkanes) is 18. The minimum atomic E-state index is -0.280. The number of benzene rings is 5. The lowest BCUT2D eigenvalue weighted by molar-refractivity contribution is 0.0566. The smallest absolute Gasteiger partial charge is 0.261 e. The van der Waals surface area contributed by atoms with Gasteiger partial charge in [0.1, 0.15) is 0 Å². The fourth-order valence-corrected chi connectivity index (χ4v) is 10.0. The van der Waals surface area contributed by atoms with E-state index in [-0.39, 0.29) is 23.6 Å². The Labute approximate surface area is 369 Å². The Morgan fingerprint density at radius 1 is 0.323 bits per heavy atom. The average molecular weight is 843 g/mol. The highest BCUT2D eigenvalue weighted by atomic mass is 16.5. The van der Waals surface area contributed by atoms with Gasteiger partial charge in [-0.25, -0.2) is 0 Å². The number of imide groups is 2. The highest BCUT2D eigenvalue weighted by Gasteiger charge is 2.36. The summed E-state index contributed by atoms with van der Waals surface area (Å²) in [6.45, 7) is 7.55. The standard InChI is InChI=1S/C54H70N2O6/c1-3-5-7-9-11-13-15-17-19-21-35-61-37-23-33-55-51(57)43-29-25-39-41-27-31-45-50-46(32-28-42(48(41)50)40-26-30-44(52(55)58)49(43)47(39)40)54(60)56(53(45)59)34-24-38-62-36-22-20-18-16-14-12-10-8-6-4-2/h25-32H,3-24,33-38H2,1-2H3. The van der Waals surface area contributed by atoms with Crippen LogP contribution in [0.5, 0.6) is 0 Å². The molecule has 0 unspecified atom stereocenters. The summed E-state index contributed by atoms with van der Waals surface area (Å²) in [6.07, 6.45) is 26.8. The molecule has 0 aliphatic carbocycles. The van der Waals surface area contributed by atoms with Crippen LogP contribution in [-0.2, 0) is 9.47 Å². The number of rotatable bonds is 30. The maximum Gasteiger partial charge on any atom is 0.261 e. The molecule has 0 aromatic heterocycles. The fourth-order valence-electron chi connectivity index (χ4n) is 10.0. The van der Waals surface area contributed by atoms with Crippen molar-refractivity contribution in [2.75, 3.05) is 39.5 Å². The number of fused-ring (bicyclic) bond motifs is 2. The lowest BCUT2D eigenvalue weighted by atomic mass is 9.82. The third-order valence-electron chi connectivity index (χ3n) is 13.4. The van der Waals surface area contributed by atoms with Crippen molar-refractivity contribution < 1.29 is 28.7 Å². The predicted molar refractivity (Wildman–Crippen MR) is 253 cm³/mol. The van der Waals surface area contributed by atoms with Crippen molar-refractivity contribution in [1.82, 2.24) is 9.80 Å². The first-order valence-corrected chi connectivity index (χ1v) is 24.6. The molecule has 0 bridgehead atoms. The molecule has 0 saturated carbocycles. The number of hydrogen-bond acceptors (Lipinski definition) is 6. The van der Waals surface area contributed by atoms with Gasteiger partial charge in [0, 0.05) is 72.5 Å². The van der Waals surface area contributed by atoms with Crippen molar-refractivity contribution in [3.05, 3.63) is 70.8 Å². The Kier molecular flexibility index (Phi) is 16.8. The summed E-state index contributed by atoms with van der Waals surface area (Å²) in [5.74, 6) is -1.12. The zero-order chi connectivity index (χ0) is 43.3. The van der Waals surface area contributed by atoms with Crippen LogP contribution in [0.3, 0.4) is 0 Å². The van der Waals surface area contributed by atoms with E-state index < -0.39 is 0 Å². The number of carbonyl (C=O) groups is 4. The molecule has 332 valence electrons. The number of hydrogen-bond donors (Lipinski definition) is 0. The van der Waals surface area contributed by atoms with Crippen molar-refractivity contribution in [2.45, 2.75) is 155 Å². The molecule has 2 aliphatic heterocycles. The summed E-state index contributed by atoms with van der Waals surface area (Å²) in [5, 5.41) is 6.67. The second kappa shape index (κ2) is 22.8. The van der Waals surface area contributed by atoms with Gasteiger partial charge in [-0.1, -0.05) is 154 Å². The molecule has 5 aromatic rings. The molecule has 2 aliphatic rings. The van der Waals surface area contributed by atoms with Crippen LogP contribution in [0.1, 0.15) is 197 Å². The first-order valence-electron chi connectivity index (χ1n) is 24.6. The molecule has 0 atom stereocenters. The number of ether oxygens (including phenoxy) is 2. The maximum atomic E-state index is 14.0. The van der Waals surface area contributed by atoms with Crippen LogP contribution in [0.25, 0.3) is 43.1 Å². The molecule has 0 radical (unpaired) electrons. The lowest BCUT2D eigenvalue weighted by Gasteiger charge is -2.30. The topological polar surface area (TPSA) is 93.2 Å². The third-order valence-corrected chi connectivity index (χ3v) is 13.4. The molecular weight excluding hydrogens is 773 g/mol. The zero-order valence-corrected chi connectivity index (χ0v) is 37.8. The van der Waals surface area contributed by atoms with Gasteiger partial charge in [-0.05, 0) is 82.3 Å². The Morgan fingerprint density at radius 2 is 0.581 bits per heavy atom. The van der Waals surface area contributed by atoms with Gasteiger partial charge in [0.15, 0.2) is 0 Å². The molecule has 0 saturated heterocycles. The molecule has 0 fully saturated rings. The van der Waals surface area contributed by atoms with Crippen LogP contribution in [-0.4, -0.2) is 72.9 Å². The van der Waals surface area contributed by atoms with E-state index in [1.54, 1.807) is 0 Å². The molecule has 0 spiro atoms. The Balaban J connectivity index is 0.944. The van der Waals surface area contributed by atoms with E-state index in [1.165, 1.54) is 125 Å². The van der Waals surface area contributed by atoms with Crippen molar-refractivity contribution in [1.29, 1.82) is 0 Å². The lowest BCUT2D eigenvalue weighted by Crippen LogP contribution is -2.41. The third kappa shape index (κ3) is 10.2. The summed E-state index contributed by atoms with van der Waals surface area (Å²) in [7, 11) is 0. The van der Waals surface area contributed by atoms with Crippen molar-refractivity contribution in [2.24, 2.45) is 0 Å². The van der Waals surface area contributed by atoms with Gasteiger partial charge in [0.2, 0.25) is 0 Å². The first kappa shape index (κ1) is 45.6. The second-order valence-electron chi connectivity index (χ2n) is 18.0. The van der Waals surface area contributed by atoms with Crippen LogP contribution < -0.4 is 0 Å². The van der Waals surface area contributed by atoms with E-state index in [9.17, 15) is 19.2 Å². The van der Waals surface area contributed by atoms with Gasteiger partial charge < -0.3 is 9.47 Å². The van der Waals surface area contributed by atoms with E-state index in [4.69, 9.17) is 9.47 Å². The highest BCUT2D eigenvalue weighted by molar-refractivity contribution is 6.41. The number of amides is 4. The van der Waals surface area contributed by atoms with Crippen molar-refractivity contribution >= 4 is 66.7 Å². The predicted octanol–water partition coefficient (Wildman–Crippen LogP) is 13.6. The molecule has 4 amide bonds. The highest BCUT2D eigenvalue weighted by Crippen LogP contribution is 2.46. The fraction of sp³-hybridized carbons (Fsp3) is 0.556. The Morgan fingerprint density at radius 3 is 0.871 bits per heavy atom. The summed E-state index contributed by atoms with van der Waals surface area (Å²) >= 11 is 0. The van der Waals surface area contributed by atoms with Crippen LogP contribution in [0.15, 0.2) is 48.5 Å². The average Bonchev–Trinajstić information content (AvgIpc) is 3.28. The summed E-state index contributed by atoms with van der Waals surface area (Å²) in [6, 6.07) is 15.2. The SMILES string of the molecule is CCCCCCCCCCCCOCCCN1C(=O)c2ccc3c4ccc5c6c(ccc(c7ccc(c2c37)C1=O)c64)C(=O)N(CCCOCCCCCCCCCCCC)C5=O. The van der Waals surface area contributed by atoms with Crippen molar-refractivity contribution in [3.63, 3.8) is 0 Å². The molecule has 7 rings (SSSR count). The number of carbonyl (C=O) groups excluding carboxylic acids is 4. The maximum absolute atomic E-state index is 14.0. The van der Waals surface area contributed by atoms with Crippen molar-refractivity contribution in [3.8, 4) is 0 Å². The normalized spacial score (nSPS) is 14.0. The molecular formula is C54H70N2O6. The summed E-state index contributed by atoms with van der Waals surface area (Å²) < 4.78 is 11.8. The van der Waals surface area contributed by atoms with Gasteiger partial charge in [0.05, 0.1) is 0 Å².